The van der Waals surface area contributed by atoms with Gasteiger partial charge in [0.1, 0.15) is 0 Å². The average Bonchev–Trinajstić information content (AvgIpc) is 2.17. The van der Waals surface area contributed by atoms with Crippen LogP contribution in [0.25, 0.3) is 0 Å². The Balaban J connectivity index is 2.81. The summed E-state index contributed by atoms with van der Waals surface area (Å²) in [5, 5.41) is 20.2. The minimum atomic E-state index is -0.590. The van der Waals surface area contributed by atoms with E-state index in [9.17, 15) is 10.2 Å². The van der Waals surface area contributed by atoms with E-state index in [2.05, 4.69) is 20.8 Å². The molecule has 1 fully saturated rings. The average molecular weight is 248 g/mol. The van der Waals surface area contributed by atoms with Crippen LogP contribution in [0.15, 0.2) is 0 Å². The second-order valence-corrected chi connectivity index (χ2v) is 6.67. The van der Waals surface area contributed by atoms with E-state index in [1.54, 1.807) is 11.8 Å². The Morgan fingerprint density at radius 2 is 1.75 bits per heavy atom. The Morgan fingerprint density at radius 1 is 1.19 bits per heavy atom. The largest absolute Gasteiger partial charge is 0.390 e. The Labute approximate surface area is 103 Å². The smallest absolute Gasteiger partial charge is 0.0932 e. The summed E-state index contributed by atoms with van der Waals surface area (Å²) < 4.78 is 5.87. The van der Waals surface area contributed by atoms with E-state index in [-0.39, 0.29) is 23.5 Å². The van der Waals surface area contributed by atoms with Crippen molar-refractivity contribution in [3.8, 4) is 0 Å². The number of ether oxygens (including phenoxy) is 1. The monoisotopic (exact) mass is 248 g/mol. The van der Waals surface area contributed by atoms with Gasteiger partial charge < -0.3 is 14.9 Å². The van der Waals surface area contributed by atoms with E-state index < -0.39 is 12.2 Å². The van der Waals surface area contributed by atoms with E-state index in [0.29, 0.717) is 0 Å². The molecule has 0 saturated carbocycles. The Hall–Kier alpha value is 0.230. The molecule has 1 aliphatic heterocycles. The molecule has 5 unspecified atom stereocenters. The molecule has 0 aromatic rings. The van der Waals surface area contributed by atoms with Crippen molar-refractivity contribution in [1.29, 1.82) is 0 Å². The molecule has 1 saturated heterocycles. The molecule has 4 heteroatoms. The van der Waals surface area contributed by atoms with Gasteiger partial charge in [0.05, 0.1) is 24.4 Å². The van der Waals surface area contributed by atoms with E-state index in [1.165, 1.54) is 0 Å². The summed E-state index contributed by atoms with van der Waals surface area (Å²) in [5.74, 6) is 0.639. The second kappa shape index (κ2) is 5.25. The van der Waals surface area contributed by atoms with Crippen molar-refractivity contribution in [2.45, 2.75) is 52.1 Å². The maximum atomic E-state index is 10.1. The molecular weight excluding hydrogens is 224 g/mol. The van der Waals surface area contributed by atoms with Crippen molar-refractivity contribution in [3.05, 3.63) is 0 Å². The fourth-order valence-corrected chi connectivity index (χ4v) is 2.79. The molecule has 1 aliphatic rings. The lowest BCUT2D eigenvalue weighted by Crippen LogP contribution is -2.57. The molecule has 3 nitrogen and oxygen atoms in total. The van der Waals surface area contributed by atoms with Crippen LogP contribution in [0.2, 0.25) is 0 Å². The maximum Gasteiger partial charge on any atom is 0.0932 e. The molecule has 0 aromatic heterocycles. The third kappa shape index (κ3) is 2.92. The third-order valence-electron chi connectivity index (χ3n) is 3.27. The standard InChI is InChI=1S/C12H24O3S/c1-7-9(13)8(6-16-5)15-11(10(7)14)12(2,3)4/h7-11,13-14H,6H2,1-5H3. The zero-order chi connectivity index (χ0) is 12.5. The fourth-order valence-electron chi connectivity index (χ4n) is 2.18. The van der Waals surface area contributed by atoms with Crippen LogP contribution in [0.5, 0.6) is 0 Å². The molecule has 5 atom stereocenters. The molecule has 0 amide bonds. The number of aliphatic hydroxyl groups is 2. The lowest BCUT2D eigenvalue weighted by molar-refractivity contribution is -0.216. The van der Waals surface area contributed by atoms with E-state index in [1.807, 2.05) is 13.2 Å². The van der Waals surface area contributed by atoms with Crippen molar-refractivity contribution < 1.29 is 14.9 Å². The normalized spacial score (nSPS) is 41.1. The second-order valence-electron chi connectivity index (χ2n) is 5.76. The van der Waals surface area contributed by atoms with Crippen LogP contribution in [-0.2, 0) is 4.74 Å². The minimum Gasteiger partial charge on any atom is -0.390 e. The minimum absolute atomic E-state index is 0.107. The summed E-state index contributed by atoms with van der Waals surface area (Å²) in [7, 11) is 0. The fraction of sp³-hybridized carbons (Fsp3) is 1.00. The van der Waals surface area contributed by atoms with Gasteiger partial charge >= 0.3 is 0 Å². The molecule has 1 rings (SSSR count). The lowest BCUT2D eigenvalue weighted by atomic mass is 9.77. The number of hydrogen-bond acceptors (Lipinski definition) is 4. The molecule has 2 N–H and O–H groups in total. The number of thioether (sulfide) groups is 1. The van der Waals surface area contributed by atoms with Crippen molar-refractivity contribution >= 4 is 11.8 Å². The van der Waals surface area contributed by atoms with Crippen molar-refractivity contribution in [1.82, 2.24) is 0 Å². The van der Waals surface area contributed by atoms with E-state index in [0.717, 1.165) is 5.75 Å². The quantitative estimate of drug-likeness (QED) is 0.778. The first-order valence-electron chi connectivity index (χ1n) is 5.79. The van der Waals surface area contributed by atoms with Gasteiger partial charge in [-0.2, -0.15) is 11.8 Å². The first-order chi connectivity index (χ1) is 7.29. The lowest BCUT2D eigenvalue weighted by Gasteiger charge is -2.46. The van der Waals surface area contributed by atoms with Crippen LogP contribution in [0.4, 0.5) is 0 Å². The predicted molar refractivity (Wildman–Crippen MR) is 67.7 cm³/mol. The van der Waals surface area contributed by atoms with Gasteiger partial charge in [-0.25, -0.2) is 0 Å². The van der Waals surface area contributed by atoms with Crippen LogP contribution >= 0.6 is 11.8 Å². The van der Waals surface area contributed by atoms with Crippen LogP contribution in [0.1, 0.15) is 27.7 Å². The number of aliphatic hydroxyl groups excluding tert-OH is 2. The van der Waals surface area contributed by atoms with Crippen LogP contribution < -0.4 is 0 Å². The van der Waals surface area contributed by atoms with E-state index >= 15 is 0 Å². The summed E-state index contributed by atoms with van der Waals surface area (Å²) in [6.45, 7) is 8.06. The third-order valence-corrected chi connectivity index (χ3v) is 3.94. The van der Waals surface area contributed by atoms with Gasteiger partial charge in [0.25, 0.3) is 0 Å². The molecule has 1 heterocycles. The summed E-state index contributed by atoms with van der Waals surface area (Å²) in [4.78, 5) is 0. The summed E-state index contributed by atoms with van der Waals surface area (Å²) in [5.41, 5.74) is -0.107. The molecule has 0 aromatic carbocycles. The van der Waals surface area contributed by atoms with Crippen LogP contribution in [-0.4, -0.2) is 46.6 Å². The predicted octanol–water partition coefficient (Wildman–Crippen LogP) is 1.52. The highest BCUT2D eigenvalue weighted by molar-refractivity contribution is 7.98. The first kappa shape index (κ1) is 14.3. The first-order valence-corrected chi connectivity index (χ1v) is 7.19. The molecule has 0 spiro atoms. The summed E-state index contributed by atoms with van der Waals surface area (Å²) in [6.07, 6.45) is 0.465. The summed E-state index contributed by atoms with van der Waals surface area (Å²) in [6, 6.07) is 0. The number of hydrogen-bond donors (Lipinski definition) is 2. The van der Waals surface area contributed by atoms with Crippen LogP contribution in [0, 0.1) is 11.3 Å². The van der Waals surface area contributed by atoms with Gasteiger partial charge in [-0.15, -0.1) is 0 Å². The molecular formula is C12H24O3S. The highest BCUT2D eigenvalue weighted by Crippen LogP contribution is 2.36. The van der Waals surface area contributed by atoms with Gasteiger partial charge in [0.15, 0.2) is 0 Å². The van der Waals surface area contributed by atoms with Crippen molar-refractivity contribution in [2.75, 3.05) is 12.0 Å². The molecule has 0 aliphatic carbocycles. The Kier molecular flexibility index (Phi) is 4.69. The van der Waals surface area contributed by atoms with Crippen molar-refractivity contribution in [2.24, 2.45) is 11.3 Å². The zero-order valence-electron chi connectivity index (χ0n) is 10.8. The van der Waals surface area contributed by atoms with Gasteiger partial charge in [0.2, 0.25) is 0 Å². The maximum absolute atomic E-state index is 10.1. The SMILES string of the molecule is CSCC1OC(C(C)(C)C)C(O)C(C)C1O. The molecule has 0 bridgehead atoms. The van der Waals surface area contributed by atoms with Gasteiger partial charge in [-0.05, 0) is 11.7 Å². The molecule has 16 heavy (non-hydrogen) atoms. The molecule has 0 radical (unpaired) electrons. The highest BCUT2D eigenvalue weighted by Gasteiger charge is 2.46. The van der Waals surface area contributed by atoms with Gasteiger partial charge in [0, 0.05) is 11.7 Å². The number of rotatable bonds is 2. The topological polar surface area (TPSA) is 49.7 Å². The van der Waals surface area contributed by atoms with Crippen LogP contribution in [0.3, 0.4) is 0 Å². The van der Waals surface area contributed by atoms with Gasteiger partial charge in [-0.1, -0.05) is 27.7 Å². The highest BCUT2D eigenvalue weighted by atomic mass is 32.2. The summed E-state index contributed by atoms with van der Waals surface area (Å²) >= 11 is 1.66. The van der Waals surface area contributed by atoms with E-state index in [4.69, 9.17) is 4.74 Å². The van der Waals surface area contributed by atoms with Crippen molar-refractivity contribution in [3.63, 3.8) is 0 Å². The van der Waals surface area contributed by atoms with Gasteiger partial charge in [-0.3, -0.25) is 0 Å². The zero-order valence-corrected chi connectivity index (χ0v) is 11.6. The Morgan fingerprint density at radius 3 is 2.19 bits per heavy atom. The Bertz CT molecular complexity index is 227. The molecule has 96 valence electrons.